The lowest BCUT2D eigenvalue weighted by Gasteiger charge is -2.38. The highest BCUT2D eigenvalue weighted by Crippen LogP contribution is 2.36. The van der Waals surface area contributed by atoms with Crippen LogP contribution in [-0.4, -0.2) is 28.8 Å². The normalized spacial score (nSPS) is 19.5. The molecule has 0 saturated heterocycles. The molecular formula is C18H36O2Si2. The van der Waals surface area contributed by atoms with E-state index in [-0.39, 0.29) is 10.6 Å². The van der Waals surface area contributed by atoms with E-state index in [9.17, 15) is 0 Å². The van der Waals surface area contributed by atoms with Gasteiger partial charge in [-0.05, 0) is 63.5 Å². The van der Waals surface area contributed by atoms with Crippen LogP contribution in [0.3, 0.4) is 0 Å². The maximum atomic E-state index is 6.49. The molecule has 0 N–H and O–H groups in total. The lowest BCUT2D eigenvalue weighted by Crippen LogP contribution is -2.43. The molecule has 0 atom stereocenters. The van der Waals surface area contributed by atoms with E-state index in [0.29, 0.717) is 6.61 Å². The fraction of sp³-hybridized carbons (Fsp3) is 0.889. The first kappa shape index (κ1) is 20.0. The molecule has 0 heterocycles. The molecule has 0 aromatic carbocycles. The van der Waals surface area contributed by atoms with Gasteiger partial charge in [0.15, 0.2) is 16.6 Å². The zero-order chi connectivity index (χ0) is 17.1. The average Bonchev–Trinajstić information content (AvgIpc) is 2.32. The molecule has 0 unspecified atom stereocenters. The molecule has 1 aliphatic carbocycles. The van der Waals surface area contributed by atoms with Crippen LogP contribution < -0.4 is 0 Å². The van der Waals surface area contributed by atoms with Gasteiger partial charge in [-0.2, -0.15) is 0 Å². The summed E-state index contributed by atoms with van der Waals surface area (Å²) < 4.78 is 12.7. The summed E-state index contributed by atoms with van der Waals surface area (Å²) in [5.74, 6) is 6.78. The van der Waals surface area contributed by atoms with Crippen LogP contribution in [0.15, 0.2) is 0 Å². The third-order valence-corrected chi connectivity index (χ3v) is 10.3. The molecule has 2 nitrogen and oxygen atoms in total. The number of hydrogen-bond donors (Lipinski definition) is 0. The first-order valence-corrected chi connectivity index (χ1v) is 15.0. The van der Waals surface area contributed by atoms with Crippen molar-refractivity contribution in [1.82, 2.24) is 0 Å². The van der Waals surface area contributed by atoms with Gasteiger partial charge in [0.2, 0.25) is 0 Å². The molecule has 1 rings (SSSR count). The van der Waals surface area contributed by atoms with E-state index < -0.39 is 16.6 Å². The number of rotatable bonds is 4. The second-order valence-electron chi connectivity index (χ2n) is 9.12. The Morgan fingerprint density at radius 1 is 0.955 bits per heavy atom. The predicted molar refractivity (Wildman–Crippen MR) is 101 cm³/mol. The Balaban J connectivity index is 2.72. The third kappa shape index (κ3) is 6.19. The summed E-state index contributed by atoms with van der Waals surface area (Å²) >= 11 is 0. The topological polar surface area (TPSA) is 18.5 Å². The number of hydrogen-bond acceptors (Lipinski definition) is 2. The van der Waals surface area contributed by atoms with Crippen molar-refractivity contribution in [3.05, 3.63) is 0 Å². The Bertz CT molecular complexity index is 413. The summed E-state index contributed by atoms with van der Waals surface area (Å²) in [7, 11) is -3.28. The highest BCUT2D eigenvalue weighted by molar-refractivity contribution is 6.74. The van der Waals surface area contributed by atoms with Gasteiger partial charge >= 0.3 is 0 Å². The van der Waals surface area contributed by atoms with E-state index in [0.717, 1.165) is 12.8 Å². The summed E-state index contributed by atoms with van der Waals surface area (Å²) in [5, 5.41) is 0.242. The smallest absolute Gasteiger partial charge is 0.193 e. The summed E-state index contributed by atoms with van der Waals surface area (Å²) in [6, 6.07) is 0. The largest absolute Gasteiger partial charge is 0.406 e. The first-order valence-electron chi connectivity index (χ1n) is 8.71. The van der Waals surface area contributed by atoms with Gasteiger partial charge in [-0.1, -0.05) is 39.0 Å². The Hall–Kier alpha value is -0.0862. The molecule has 0 radical (unpaired) electrons. The van der Waals surface area contributed by atoms with Crippen LogP contribution in [0.1, 0.15) is 52.9 Å². The fourth-order valence-corrected chi connectivity index (χ4v) is 4.89. The van der Waals surface area contributed by atoms with Gasteiger partial charge in [-0.25, -0.2) is 0 Å². The highest BCUT2D eigenvalue weighted by atomic mass is 28.4. The molecule has 22 heavy (non-hydrogen) atoms. The van der Waals surface area contributed by atoms with Crippen LogP contribution in [0.4, 0.5) is 0 Å². The molecule has 0 aliphatic heterocycles. The molecule has 1 aliphatic rings. The Morgan fingerprint density at radius 3 is 1.95 bits per heavy atom. The summed E-state index contributed by atoms with van der Waals surface area (Å²) in [4.78, 5) is 0. The van der Waals surface area contributed by atoms with Gasteiger partial charge < -0.3 is 8.85 Å². The van der Waals surface area contributed by atoms with E-state index in [4.69, 9.17) is 8.85 Å². The van der Waals surface area contributed by atoms with Crippen LogP contribution in [0.5, 0.6) is 0 Å². The summed E-state index contributed by atoms with van der Waals surface area (Å²) in [5.41, 5.74) is -0.195. The van der Waals surface area contributed by atoms with Crippen molar-refractivity contribution >= 4 is 16.6 Å². The standard InChI is InChI=1S/C18H36O2Si2/c1-17(2,3)22(7,8)19-16-12-15-18(20-21(4,5)6)13-10-9-11-14-18/h9-11,13-14,16H2,1-8H3. The summed E-state index contributed by atoms with van der Waals surface area (Å²) in [6.45, 7) is 18.7. The molecule has 128 valence electrons. The third-order valence-electron chi connectivity index (χ3n) is 4.79. The molecule has 0 spiro atoms. The lowest BCUT2D eigenvalue weighted by molar-refractivity contribution is 0.0793. The average molecular weight is 341 g/mol. The zero-order valence-electron chi connectivity index (χ0n) is 16.1. The summed E-state index contributed by atoms with van der Waals surface area (Å²) in [6.07, 6.45) is 5.97. The van der Waals surface area contributed by atoms with Gasteiger partial charge in [0.05, 0.1) is 6.61 Å². The van der Waals surface area contributed by atoms with Gasteiger partial charge in [-0.15, -0.1) is 0 Å². The zero-order valence-corrected chi connectivity index (χ0v) is 18.1. The van der Waals surface area contributed by atoms with Gasteiger partial charge in [0.25, 0.3) is 0 Å². The van der Waals surface area contributed by atoms with Gasteiger partial charge in [-0.3, -0.25) is 0 Å². The minimum absolute atomic E-state index is 0.195. The van der Waals surface area contributed by atoms with Crippen molar-refractivity contribution in [3.8, 4) is 11.8 Å². The van der Waals surface area contributed by atoms with Gasteiger partial charge in [0, 0.05) is 0 Å². The van der Waals surface area contributed by atoms with Crippen molar-refractivity contribution in [2.45, 2.75) is 96.2 Å². The maximum Gasteiger partial charge on any atom is 0.193 e. The quantitative estimate of drug-likeness (QED) is 0.492. The maximum absolute atomic E-state index is 6.49. The molecule has 4 heteroatoms. The predicted octanol–water partition coefficient (Wildman–Crippen LogP) is 5.57. The minimum Gasteiger partial charge on any atom is -0.406 e. The van der Waals surface area contributed by atoms with Crippen molar-refractivity contribution in [3.63, 3.8) is 0 Å². The Kier molecular flexibility index (Phi) is 6.54. The molecule has 0 aromatic rings. The molecule has 1 saturated carbocycles. The molecular weight excluding hydrogens is 304 g/mol. The van der Waals surface area contributed by atoms with E-state index in [1.165, 1.54) is 19.3 Å². The fourth-order valence-electron chi connectivity index (χ4n) is 2.59. The highest BCUT2D eigenvalue weighted by Gasteiger charge is 2.37. The van der Waals surface area contributed by atoms with E-state index >= 15 is 0 Å². The molecule has 0 bridgehead atoms. The van der Waals surface area contributed by atoms with Crippen molar-refractivity contribution in [2.24, 2.45) is 0 Å². The molecule has 0 aromatic heterocycles. The van der Waals surface area contributed by atoms with Crippen LogP contribution in [0.25, 0.3) is 0 Å². The van der Waals surface area contributed by atoms with Crippen LogP contribution in [0, 0.1) is 11.8 Å². The first-order chi connectivity index (χ1) is 9.87. The van der Waals surface area contributed by atoms with Crippen molar-refractivity contribution in [2.75, 3.05) is 6.61 Å². The van der Waals surface area contributed by atoms with Crippen molar-refractivity contribution in [1.29, 1.82) is 0 Å². The second kappa shape index (κ2) is 7.21. The second-order valence-corrected chi connectivity index (χ2v) is 18.4. The molecule has 1 fully saturated rings. The Labute approximate surface area is 140 Å². The van der Waals surface area contributed by atoms with E-state index in [1.807, 2.05) is 0 Å². The minimum atomic E-state index is -1.70. The van der Waals surface area contributed by atoms with Crippen LogP contribution in [0.2, 0.25) is 37.8 Å². The lowest BCUT2D eigenvalue weighted by atomic mass is 9.85. The van der Waals surface area contributed by atoms with E-state index in [1.54, 1.807) is 0 Å². The Morgan fingerprint density at radius 2 is 1.50 bits per heavy atom. The van der Waals surface area contributed by atoms with Crippen LogP contribution >= 0.6 is 0 Å². The van der Waals surface area contributed by atoms with Crippen molar-refractivity contribution < 1.29 is 8.85 Å². The van der Waals surface area contributed by atoms with E-state index in [2.05, 4.69) is 65.3 Å². The van der Waals surface area contributed by atoms with Gasteiger partial charge in [0.1, 0.15) is 5.60 Å². The molecule has 0 amide bonds. The monoisotopic (exact) mass is 340 g/mol. The SMILES string of the molecule is CC(C)(C)[Si](C)(C)OCC#CC1(O[Si](C)(C)C)CCCCC1. The van der Waals surface area contributed by atoms with Crippen LogP contribution in [-0.2, 0) is 8.85 Å².